The van der Waals surface area contributed by atoms with E-state index in [9.17, 15) is 4.79 Å². The van der Waals surface area contributed by atoms with Gasteiger partial charge in [-0.15, -0.1) is 0 Å². The zero-order chi connectivity index (χ0) is 12.8. The van der Waals surface area contributed by atoms with Crippen molar-refractivity contribution < 1.29 is 19.4 Å². The molecule has 0 aliphatic rings. The Labute approximate surface area is 104 Å². The van der Waals surface area contributed by atoms with Crippen molar-refractivity contribution in [2.45, 2.75) is 6.54 Å². The number of rotatable bonds is 6. The number of benzene rings is 1. The largest absolute Gasteiger partial charge is 0.493 e. The van der Waals surface area contributed by atoms with Gasteiger partial charge < -0.3 is 19.9 Å². The van der Waals surface area contributed by atoms with Crippen LogP contribution < -0.4 is 14.8 Å². The number of carboxylic acids is 1. The SMILES string of the molecule is COc1cc(CNCC(=O)O)cc(Cl)c1OC. The van der Waals surface area contributed by atoms with Gasteiger partial charge in [0, 0.05) is 6.54 Å². The zero-order valence-electron chi connectivity index (χ0n) is 9.62. The molecule has 0 saturated heterocycles. The second-order valence-corrected chi connectivity index (χ2v) is 3.72. The number of ether oxygens (including phenoxy) is 2. The Hall–Kier alpha value is -1.46. The molecule has 0 saturated carbocycles. The number of carbonyl (C=O) groups is 1. The van der Waals surface area contributed by atoms with E-state index in [0.29, 0.717) is 23.1 Å². The number of aliphatic carboxylic acids is 1. The van der Waals surface area contributed by atoms with E-state index in [2.05, 4.69) is 5.32 Å². The molecule has 0 bridgehead atoms. The minimum absolute atomic E-state index is 0.105. The van der Waals surface area contributed by atoms with Crippen LogP contribution in [0.2, 0.25) is 5.02 Å². The molecule has 1 rings (SSSR count). The molecule has 0 aromatic heterocycles. The topological polar surface area (TPSA) is 67.8 Å². The average Bonchev–Trinajstić information content (AvgIpc) is 2.27. The number of hydrogen-bond donors (Lipinski definition) is 2. The lowest BCUT2D eigenvalue weighted by atomic mass is 10.2. The highest BCUT2D eigenvalue weighted by atomic mass is 35.5. The molecule has 1 aromatic rings. The Morgan fingerprint density at radius 1 is 1.41 bits per heavy atom. The number of carboxylic acid groups (broad SMARTS) is 1. The highest BCUT2D eigenvalue weighted by Crippen LogP contribution is 2.35. The van der Waals surface area contributed by atoms with Gasteiger partial charge in [0.1, 0.15) is 0 Å². The average molecular weight is 260 g/mol. The maximum absolute atomic E-state index is 10.3. The van der Waals surface area contributed by atoms with Gasteiger partial charge in [0.15, 0.2) is 11.5 Å². The van der Waals surface area contributed by atoms with Crippen molar-refractivity contribution in [3.05, 3.63) is 22.7 Å². The van der Waals surface area contributed by atoms with E-state index < -0.39 is 5.97 Å². The predicted molar refractivity (Wildman–Crippen MR) is 63.9 cm³/mol. The molecular weight excluding hydrogens is 246 g/mol. The van der Waals surface area contributed by atoms with E-state index in [1.165, 1.54) is 14.2 Å². The third-order valence-corrected chi connectivity index (χ3v) is 2.38. The van der Waals surface area contributed by atoms with Crippen LogP contribution >= 0.6 is 11.6 Å². The maximum Gasteiger partial charge on any atom is 0.317 e. The van der Waals surface area contributed by atoms with Gasteiger partial charge in [0.25, 0.3) is 0 Å². The van der Waals surface area contributed by atoms with E-state index in [1.54, 1.807) is 12.1 Å². The van der Waals surface area contributed by atoms with Gasteiger partial charge >= 0.3 is 5.97 Å². The van der Waals surface area contributed by atoms with E-state index in [1.807, 2.05) is 0 Å². The summed E-state index contributed by atoms with van der Waals surface area (Å²) in [5.74, 6) is 0.0832. The summed E-state index contributed by atoms with van der Waals surface area (Å²) in [4.78, 5) is 10.3. The molecule has 5 nitrogen and oxygen atoms in total. The molecule has 0 unspecified atom stereocenters. The van der Waals surface area contributed by atoms with Crippen LogP contribution in [-0.4, -0.2) is 31.8 Å². The number of methoxy groups -OCH3 is 2. The quantitative estimate of drug-likeness (QED) is 0.811. The number of hydrogen-bond acceptors (Lipinski definition) is 4. The first-order valence-electron chi connectivity index (χ1n) is 4.91. The molecule has 1 aromatic carbocycles. The zero-order valence-corrected chi connectivity index (χ0v) is 10.4. The van der Waals surface area contributed by atoms with Crippen LogP contribution in [0.1, 0.15) is 5.56 Å². The number of nitrogens with one attached hydrogen (secondary N) is 1. The monoisotopic (exact) mass is 259 g/mol. The van der Waals surface area contributed by atoms with E-state index in [-0.39, 0.29) is 6.54 Å². The normalized spacial score (nSPS) is 10.1. The van der Waals surface area contributed by atoms with Crippen LogP contribution in [0.3, 0.4) is 0 Å². The van der Waals surface area contributed by atoms with Crippen LogP contribution in [-0.2, 0) is 11.3 Å². The van der Waals surface area contributed by atoms with Gasteiger partial charge in [-0.25, -0.2) is 0 Å². The van der Waals surface area contributed by atoms with Crippen LogP contribution in [0.25, 0.3) is 0 Å². The summed E-state index contributed by atoms with van der Waals surface area (Å²) in [7, 11) is 3.02. The smallest absolute Gasteiger partial charge is 0.317 e. The Balaban J connectivity index is 2.80. The molecule has 0 radical (unpaired) electrons. The Kier molecular flexibility index (Phi) is 5.06. The van der Waals surface area contributed by atoms with Gasteiger partial charge in [-0.05, 0) is 17.7 Å². The van der Waals surface area contributed by atoms with Crippen LogP contribution in [0.15, 0.2) is 12.1 Å². The molecule has 17 heavy (non-hydrogen) atoms. The van der Waals surface area contributed by atoms with Gasteiger partial charge in [0.05, 0.1) is 25.8 Å². The fraction of sp³-hybridized carbons (Fsp3) is 0.364. The third kappa shape index (κ3) is 3.80. The first-order chi connectivity index (χ1) is 8.08. The van der Waals surface area contributed by atoms with Gasteiger partial charge in [-0.1, -0.05) is 11.6 Å². The lowest BCUT2D eigenvalue weighted by Crippen LogP contribution is -2.21. The van der Waals surface area contributed by atoms with Crippen LogP contribution in [0.4, 0.5) is 0 Å². The minimum atomic E-state index is -0.906. The first kappa shape index (κ1) is 13.6. The lowest BCUT2D eigenvalue weighted by molar-refractivity contribution is -0.135. The van der Waals surface area contributed by atoms with Gasteiger partial charge in [0.2, 0.25) is 0 Å². The summed E-state index contributed by atoms with van der Waals surface area (Å²) >= 11 is 6.01. The minimum Gasteiger partial charge on any atom is -0.493 e. The van der Waals surface area contributed by atoms with Gasteiger partial charge in [-0.2, -0.15) is 0 Å². The van der Waals surface area contributed by atoms with E-state index in [4.69, 9.17) is 26.2 Å². The molecule has 2 N–H and O–H groups in total. The van der Waals surface area contributed by atoms with Crippen molar-refractivity contribution in [1.82, 2.24) is 5.32 Å². The predicted octanol–water partition coefficient (Wildman–Crippen LogP) is 1.53. The second-order valence-electron chi connectivity index (χ2n) is 3.31. The highest BCUT2D eigenvalue weighted by molar-refractivity contribution is 6.32. The molecule has 0 amide bonds. The number of halogens is 1. The van der Waals surface area contributed by atoms with Crippen molar-refractivity contribution in [3.8, 4) is 11.5 Å². The Bertz CT molecular complexity index is 409. The summed E-state index contributed by atoms with van der Waals surface area (Å²) < 4.78 is 10.2. The Morgan fingerprint density at radius 3 is 2.65 bits per heavy atom. The van der Waals surface area contributed by atoms with Gasteiger partial charge in [-0.3, -0.25) is 4.79 Å². The van der Waals surface area contributed by atoms with Crippen molar-refractivity contribution in [2.24, 2.45) is 0 Å². The fourth-order valence-corrected chi connectivity index (χ4v) is 1.70. The van der Waals surface area contributed by atoms with Crippen molar-refractivity contribution in [1.29, 1.82) is 0 Å². The summed E-state index contributed by atoms with van der Waals surface area (Å²) in [6.45, 7) is 0.290. The molecule has 94 valence electrons. The summed E-state index contributed by atoms with van der Waals surface area (Å²) in [5, 5.41) is 11.7. The fourth-order valence-electron chi connectivity index (χ4n) is 1.39. The van der Waals surface area contributed by atoms with Crippen LogP contribution in [0, 0.1) is 0 Å². The molecule has 0 atom stereocenters. The molecule has 0 aliphatic heterocycles. The Morgan fingerprint density at radius 2 is 2.12 bits per heavy atom. The van der Waals surface area contributed by atoms with E-state index in [0.717, 1.165) is 5.56 Å². The van der Waals surface area contributed by atoms with Crippen LogP contribution in [0.5, 0.6) is 11.5 Å². The molecule has 0 heterocycles. The lowest BCUT2D eigenvalue weighted by Gasteiger charge is -2.11. The van der Waals surface area contributed by atoms with Crippen molar-refractivity contribution in [2.75, 3.05) is 20.8 Å². The summed E-state index contributed by atoms with van der Waals surface area (Å²) in [5.41, 5.74) is 0.828. The molecular formula is C11H14ClNO4. The maximum atomic E-state index is 10.3. The molecule has 6 heteroatoms. The second kappa shape index (κ2) is 6.32. The van der Waals surface area contributed by atoms with E-state index >= 15 is 0 Å². The molecule has 0 fully saturated rings. The molecule has 0 aliphatic carbocycles. The van der Waals surface area contributed by atoms with Crippen molar-refractivity contribution in [3.63, 3.8) is 0 Å². The summed E-state index contributed by atoms with van der Waals surface area (Å²) in [6, 6.07) is 3.46. The first-order valence-corrected chi connectivity index (χ1v) is 5.29. The molecule has 0 spiro atoms. The van der Waals surface area contributed by atoms with Crippen molar-refractivity contribution >= 4 is 17.6 Å². The standard InChI is InChI=1S/C11H14ClNO4/c1-16-9-4-7(5-13-6-10(14)15)3-8(12)11(9)17-2/h3-4,13H,5-6H2,1-2H3,(H,14,15). The summed E-state index contributed by atoms with van der Waals surface area (Å²) in [6.07, 6.45) is 0. The third-order valence-electron chi connectivity index (χ3n) is 2.10. The highest BCUT2D eigenvalue weighted by Gasteiger charge is 2.10.